The van der Waals surface area contributed by atoms with Crippen LogP contribution >= 0.6 is 22.9 Å². The summed E-state index contributed by atoms with van der Waals surface area (Å²) in [5, 5.41) is 11.7. The fraction of sp³-hybridized carbons (Fsp3) is 0.0385. The number of hydrogen-bond acceptors (Lipinski definition) is 5. The smallest absolute Gasteiger partial charge is 0.296 e. The first-order valence-electron chi connectivity index (χ1n) is 10.2. The zero-order chi connectivity index (χ0) is 22.9. The van der Waals surface area contributed by atoms with E-state index in [2.05, 4.69) is 4.98 Å². The van der Waals surface area contributed by atoms with Crippen molar-refractivity contribution >= 4 is 56.1 Å². The van der Waals surface area contributed by atoms with Gasteiger partial charge in [-0.25, -0.2) is 4.98 Å². The Labute approximate surface area is 198 Å². The minimum atomic E-state index is -0.803. The minimum Gasteiger partial charge on any atom is -0.503 e. The van der Waals surface area contributed by atoms with Gasteiger partial charge in [-0.05, 0) is 35.4 Å². The number of benzene rings is 3. The second-order valence-corrected chi connectivity index (χ2v) is 8.91. The number of amides is 1. The highest BCUT2D eigenvalue weighted by Crippen LogP contribution is 2.43. The second kappa shape index (κ2) is 8.65. The van der Waals surface area contributed by atoms with E-state index in [4.69, 9.17) is 11.6 Å². The van der Waals surface area contributed by atoms with E-state index >= 15 is 0 Å². The fourth-order valence-electron chi connectivity index (χ4n) is 3.82. The third-order valence-corrected chi connectivity index (χ3v) is 6.61. The van der Waals surface area contributed by atoms with Crippen molar-refractivity contribution in [1.82, 2.24) is 4.98 Å². The monoisotopic (exact) mass is 472 g/mol. The summed E-state index contributed by atoms with van der Waals surface area (Å²) in [6.07, 6.45) is 3.04. The van der Waals surface area contributed by atoms with Crippen molar-refractivity contribution in [3.05, 3.63) is 112 Å². The van der Waals surface area contributed by atoms with Crippen molar-refractivity contribution in [2.45, 2.75) is 6.04 Å². The van der Waals surface area contributed by atoms with Crippen LogP contribution < -0.4 is 4.90 Å². The van der Waals surface area contributed by atoms with Crippen LogP contribution in [0.5, 0.6) is 0 Å². The summed E-state index contributed by atoms with van der Waals surface area (Å²) < 4.78 is 0.806. The SMILES string of the molecule is O=C(C=Cc1ccccc1)C1=C(O)C(=O)N(c2nc3ccc(Cl)cc3s2)C1c1ccccc1. The molecule has 4 aromatic rings. The molecule has 1 amide bonds. The molecule has 1 N–H and O–H groups in total. The summed E-state index contributed by atoms with van der Waals surface area (Å²) in [7, 11) is 0. The van der Waals surface area contributed by atoms with E-state index in [1.54, 1.807) is 24.3 Å². The lowest BCUT2D eigenvalue weighted by molar-refractivity contribution is -0.117. The van der Waals surface area contributed by atoms with Crippen LogP contribution in [-0.2, 0) is 9.59 Å². The maximum Gasteiger partial charge on any atom is 0.296 e. The molecule has 1 aliphatic rings. The molecule has 1 unspecified atom stereocenters. The van der Waals surface area contributed by atoms with E-state index in [9.17, 15) is 14.7 Å². The molecule has 0 fully saturated rings. The van der Waals surface area contributed by atoms with Gasteiger partial charge < -0.3 is 5.11 Å². The van der Waals surface area contributed by atoms with Gasteiger partial charge >= 0.3 is 0 Å². The van der Waals surface area contributed by atoms with Crippen LogP contribution in [0.25, 0.3) is 16.3 Å². The first-order valence-corrected chi connectivity index (χ1v) is 11.4. The fourth-order valence-corrected chi connectivity index (χ4v) is 5.09. The number of anilines is 1. The molecule has 0 saturated heterocycles. The number of nitrogens with zero attached hydrogens (tertiary/aromatic N) is 2. The molecule has 7 heteroatoms. The van der Waals surface area contributed by atoms with Crippen molar-refractivity contribution in [2.75, 3.05) is 4.90 Å². The van der Waals surface area contributed by atoms with Gasteiger partial charge in [0.1, 0.15) is 0 Å². The summed E-state index contributed by atoms with van der Waals surface area (Å²) in [5.41, 5.74) is 2.24. The Kier molecular flexibility index (Phi) is 5.54. The van der Waals surface area contributed by atoms with Crippen molar-refractivity contribution < 1.29 is 14.7 Å². The van der Waals surface area contributed by atoms with Crippen molar-refractivity contribution in [3.63, 3.8) is 0 Å². The molecule has 0 aliphatic carbocycles. The summed E-state index contributed by atoms with van der Waals surface area (Å²) in [5.74, 6) is -1.67. The van der Waals surface area contributed by atoms with Crippen LogP contribution in [0.2, 0.25) is 5.02 Å². The first kappa shape index (κ1) is 21.1. The summed E-state index contributed by atoms with van der Waals surface area (Å²) >= 11 is 7.39. The maximum absolute atomic E-state index is 13.2. The molecule has 0 radical (unpaired) electrons. The molecule has 162 valence electrons. The largest absolute Gasteiger partial charge is 0.503 e. The van der Waals surface area contributed by atoms with Crippen LogP contribution in [0.15, 0.2) is 96.3 Å². The van der Waals surface area contributed by atoms with Gasteiger partial charge in [-0.15, -0.1) is 0 Å². The van der Waals surface area contributed by atoms with E-state index in [1.807, 2.05) is 60.7 Å². The number of hydrogen-bond donors (Lipinski definition) is 1. The van der Waals surface area contributed by atoms with Crippen LogP contribution in [0.4, 0.5) is 5.13 Å². The first-order chi connectivity index (χ1) is 16.0. The molecule has 5 rings (SSSR count). The van der Waals surface area contributed by atoms with Gasteiger partial charge in [0, 0.05) is 5.02 Å². The van der Waals surface area contributed by atoms with Crippen molar-refractivity contribution in [3.8, 4) is 0 Å². The van der Waals surface area contributed by atoms with Crippen LogP contribution in [0.1, 0.15) is 17.2 Å². The molecule has 1 aliphatic heterocycles. The third-order valence-electron chi connectivity index (χ3n) is 5.36. The molecule has 0 saturated carbocycles. The standard InChI is InChI=1S/C26H17ClN2O3S/c27-18-12-13-19-21(15-18)33-26(28-19)29-23(17-9-5-2-6-10-17)22(24(31)25(29)32)20(30)14-11-16-7-3-1-4-8-16/h1-15,23,31H. The zero-order valence-corrected chi connectivity index (χ0v) is 18.8. The van der Waals surface area contributed by atoms with Gasteiger partial charge in [-0.1, -0.05) is 89.7 Å². The quantitative estimate of drug-likeness (QED) is 0.354. The third kappa shape index (κ3) is 3.95. The summed E-state index contributed by atoms with van der Waals surface area (Å²) in [6.45, 7) is 0. The Morgan fingerprint density at radius 3 is 2.45 bits per heavy atom. The molecular weight excluding hydrogens is 456 g/mol. The van der Waals surface area contributed by atoms with Crippen molar-refractivity contribution in [1.29, 1.82) is 0 Å². The Hall–Kier alpha value is -3.74. The van der Waals surface area contributed by atoms with Crippen LogP contribution in [0.3, 0.4) is 0 Å². The number of ketones is 1. The molecule has 1 atom stereocenters. The normalized spacial score (nSPS) is 16.3. The lowest BCUT2D eigenvalue weighted by Gasteiger charge is -2.24. The van der Waals surface area contributed by atoms with Gasteiger partial charge in [0.2, 0.25) is 0 Å². The highest BCUT2D eigenvalue weighted by atomic mass is 35.5. The van der Waals surface area contributed by atoms with Gasteiger partial charge in [0.15, 0.2) is 16.7 Å². The van der Waals surface area contributed by atoms with E-state index < -0.39 is 23.5 Å². The summed E-state index contributed by atoms with van der Waals surface area (Å²) in [4.78, 5) is 32.4. The van der Waals surface area contributed by atoms with Crippen LogP contribution in [0, 0.1) is 0 Å². The number of fused-ring (bicyclic) bond motifs is 1. The van der Waals surface area contributed by atoms with Gasteiger partial charge in [-0.3, -0.25) is 14.5 Å². The number of carbonyl (C=O) groups excluding carboxylic acids is 2. The highest BCUT2D eigenvalue weighted by molar-refractivity contribution is 7.22. The molecule has 0 bridgehead atoms. The Bertz CT molecular complexity index is 1430. The van der Waals surface area contributed by atoms with E-state index in [0.717, 1.165) is 10.3 Å². The molecule has 33 heavy (non-hydrogen) atoms. The van der Waals surface area contributed by atoms with Gasteiger partial charge in [0.05, 0.1) is 21.8 Å². The number of allylic oxidation sites excluding steroid dienone is 1. The Morgan fingerprint density at radius 2 is 1.73 bits per heavy atom. The average molecular weight is 473 g/mol. The zero-order valence-electron chi connectivity index (χ0n) is 17.2. The van der Waals surface area contributed by atoms with E-state index in [1.165, 1.54) is 22.3 Å². The molecule has 5 nitrogen and oxygen atoms in total. The maximum atomic E-state index is 13.2. The topological polar surface area (TPSA) is 70.5 Å². The molecule has 3 aromatic carbocycles. The number of rotatable bonds is 5. The van der Waals surface area contributed by atoms with Crippen LogP contribution in [-0.4, -0.2) is 21.8 Å². The minimum absolute atomic E-state index is 0.0238. The predicted molar refractivity (Wildman–Crippen MR) is 131 cm³/mol. The second-order valence-electron chi connectivity index (χ2n) is 7.47. The van der Waals surface area contributed by atoms with E-state index in [-0.39, 0.29) is 5.57 Å². The van der Waals surface area contributed by atoms with Crippen molar-refractivity contribution in [2.24, 2.45) is 0 Å². The molecule has 1 aromatic heterocycles. The molecule has 0 spiro atoms. The number of thiazole rings is 1. The highest BCUT2D eigenvalue weighted by Gasteiger charge is 2.45. The number of aromatic nitrogens is 1. The molecular formula is C26H17ClN2O3S. The number of carbonyl (C=O) groups is 2. The molecule has 2 heterocycles. The average Bonchev–Trinajstić information content (AvgIpc) is 3.36. The predicted octanol–water partition coefficient (Wildman–Crippen LogP) is 6.13. The summed E-state index contributed by atoms with van der Waals surface area (Å²) in [6, 6.07) is 23.0. The van der Waals surface area contributed by atoms with Gasteiger partial charge in [-0.2, -0.15) is 0 Å². The van der Waals surface area contributed by atoms with Gasteiger partial charge in [0.25, 0.3) is 5.91 Å². The number of aliphatic hydroxyl groups is 1. The Balaban J connectivity index is 1.59. The number of halogens is 1. The number of aliphatic hydroxyl groups excluding tert-OH is 1. The Morgan fingerprint density at radius 1 is 1.03 bits per heavy atom. The van der Waals surface area contributed by atoms with E-state index in [0.29, 0.717) is 21.2 Å². The lowest BCUT2D eigenvalue weighted by Crippen LogP contribution is -2.30. The lowest BCUT2D eigenvalue weighted by atomic mass is 9.96.